The molecule has 2 rings (SSSR count). The van der Waals surface area contributed by atoms with Gasteiger partial charge in [-0.25, -0.2) is 0 Å². The van der Waals surface area contributed by atoms with Crippen molar-refractivity contribution in [3.05, 3.63) is 17.2 Å². The van der Waals surface area contributed by atoms with Gasteiger partial charge in [0.05, 0.1) is 17.8 Å². The summed E-state index contributed by atoms with van der Waals surface area (Å²) in [4.78, 5) is 0. The number of ether oxygens (including phenoxy) is 2. The number of methoxy groups -OCH3 is 1. The Kier molecular flexibility index (Phi) is 2.19. The fourth-order valence-corrected chi connectivity index (χ4v) is 1.57. The number of nitrogens with one attached hydrogen (secondary N) is 1. The van der Waals surface area contributed by atoms with Crippen molar-refractivity contribution in [3.63, 3.8) is 0 Å². The van der Waals surface area contributed by atoms with E-state index in [0.29, 0.717) is 17.4 Å². The second-order valence-corrected chi connectivity index (χ2v) is 3.17. The van der Waals surface area contributed by atoms with Crippen molar-refractivity contribution in [2.24, 2.45) is 0 Å². The standard InChI is InChI=1S/C9H10ClNO2/c1-12-6-4-7(10)9-8(5-6)11-2-3-13-9/h4-5,11H,2-3H2,1H3. The summed E-state index contributed by atoms with van der Waals surface area (Å²) in [5.41, 5.74) is 0.899. The van der Waals surface area contributed by atoms with E-state index in [9.17, 15) is 0 Å². The molecule has 1 aliphatic heterocycles. The molecule has 0 saturated carbocycles. The second kappa shape index (κ2) is 3.34. The lowest BCUT2D eigenvalue weighted by molar-refractivity contribution is 0.322. The van der Waals surface area contributed by atoms with Crippen molar-refractivity contribution in [3.8, 4) is 11.5 Å². The minimum atomic E-state index is 0.585. The number of fused-ring (bicyclic) bond motifs is 1. The summed E-state index contributed by atoms with van der Waals surface area (Å²) in [7, 11) is 1.61. The molecule has 0 bridgehead atoms. The van der Waals surface area contributed by atoms with Gasteiger partial charge in [0.2, 0.25) is 0 Å². The van der Waals surface area contributed by atoms with Crippen LogP contribution in [0.25, 0.3) is 0 Å². The Bertz CT molecular complexity index is 328. The van der Waals surface area contributed by atoms with Crippen LogP contribution in [0.3, 0.4) is 0 Å². The zero-order valence-electron chi connectivity index (χ0n) is 7.26. The molecule has 0 fully saturated rings. The van der Waals surface area contributed by atoms with E-state index in [1.807, 2.05) is 6.07 Å². The molecular formula is C9H10ClNO2. The quantitative estimate of drug-likeness (QED) is 0.752. The second-order valence-electron chi connectivity index (χ2n) is 2.76. The lowest BCUT2D eigenvalue weighted by atomic mass is 10.2. The first-order chi connectivity index (χ1) is 6.31. The highest BCUT2D eigenvalue weighted by molar-refractivity contribution is 6.32. The van der Waals surface area contributed by atoms with E-state index in [1.54, 1.807) is 13.2 Å². The number of benzene rings is 1. The van der Waals surface area contributed by atoms with E-state index in [2.05, 4.69) is 5.32 Å². The highest BCUT2D eigenvalue weighted by atomic mass is 35.5. The minimum absolute atomic E-state index is 0.585. The molecule has 1 heterocycles. The average molecular weight is 200 g/mol. The lowest BCUT2D eigenvalue weighted by Crippen LogP contribution is -2.18. The maximum atomic E-state index is 5.98. The van der Waals surface area contributed by atoms with Crippen molar-refractivity contribution in [1.29, 1.82) is 0 Å². The number of hydrogen-bond donors (Lipinski definition) is 1. The molecule has 0 amide bonds. The van der Waals surface area contributed by atoms with Crippen molar-refractivity contribution >= 4 is 17.3 Å². The number of halogens is 1. The number of anilines is 1. The van der Waals surface area contributed by atoms with Crippen LogP contribution in [0.15, 0.2) is 12.1 Å². The maximum Gasteiger partial charge on any atom is 0.161 e. The van der Waals surface area contributed by atoms with E-state index in [1.165, 1.54) is 0 Å². The fraction of sp³-hybridized carbons (Fsp3) is 0.333. The van der Waals surface area contributed by atoms with E-state index in [0.717, 1.165) is 18.0 Å². The van der Waals surface area contributed by atoms with Crippen molar-refractivity contribution in [2.45, 2.75) is 0 Å². The molecule has 1 N–H and O–H groups in total. The van der Waals surface area contributed by atoms with Gasteiger partial charge in [-0.05, 0) is 0 Å². The first-order valence-corrected chi connectivity index (χ1v) is 4.43. The smallest absolute Gasteiger partial charge is 0.161 e. The van der Waals surface area contributed by atoms with Crippen LogP contribution in [0.1, 0.15) is 0 Å². The zero-order chi connectivity index (χ0) is 9.26. The molecule has 13 heavy (non-hydrogen) atoms. The molecule has 1 aromatic carbocycles. The Balaban J connectivity index is 2.47. The predicted molar refractivity (Wildman–Crippen MR) is 52.0 cm³/mol. The third-order valence-corrected chi connectivity index (χ3v) is 2.20. The van der Waals surface area contributed by atoms with Crippen LogP contribution in [0.2, 0.25) is 5.02 Å². The molecule has 0 aliphatic carbocycles. The van der Waals surface area contributed by atoms with Crippen LogP contribution in [0.4, 0.5) is 5.69 Å². The first kappa shape index (κ1) is 8.51. The summed E-state index contributed by atoms with van der Waals surface area (Å²) < 4.78 is 10.5. The lowest BCUT2D eigenvalue weighted by Gasteiger charge is -2.20. The zero-order valence-corrected chi connectivity index (χ0v) is 8.02. The largest absolute Gasteiger partial charge is 0.497 e. The molecule has 1 aromatic rings. The summed E-state index contributed by atoms with van der Waals surface area (Å²) in [6.45, 7) is 1.45. The summed E-state index contributed by atoms with van der Waals surface area (Å²) >= 11 is 5.98. The maximum absolute atomic E-state index is 5.98. The highest BCUT2D eigenvalue weighted by Gasteiger charge is 2.14. The Morgan fingerprint density at radius 2 is 2.38 bits per heavy atom. The van der Waals surface area contributed by atoms with Crippen molar-refractivity contribution in [2.75, 3.05) is 25.6 Å². The number of rotatable bonds is 1. The molecule has 0 saturated heterocycles. The van der Waals surface area contributed by atoms with Crippen LogP contribution < -0.4 is 14.8 Å². The van der Waals surface area contributed by atoms with Gasteiger partial charge in [-0.1, -0.05) is 11.6 Å². The summed E-state index contributed by atoms with van der Waals surface area (Å²) in [5, 5.41) is 3.77. The predicted octanol–water partition coefficient (Wildman–Crippen LogP) is 2.15. The third-order valence-electron chi connectivity index (χ3n) is 1.92. The topological polar surface area (TPSA) is 30.5 Å². The van der Waals surface area contributed by atoms with Gasteiger partial charge < -0.3 is 14.8 Å². The molecule has 0 unspecified atom stereocenters. The summed E-state index contributed by atoms with van der Waals surface area (Å²) in [6.07, 6.45) is 0. The van der Waals surface area contributed by atoms with Gasteiger partial charge >= 0.3 is 0 Å². The van der Waals surface area contributed by atoms with Crippen molar-refractivity contribution in [1.82, 2.24) is 0 Å². The fourth-order valence-electron chi connectivity index (χ4n) is 1.30. The molecule has 0 spiro atoms. The van der Waals surface area contributed by atoms with E-state index >= 15 is 0 Å². The van der Waals surface area contributed by atoms with Crippen LogP contribution >= 0.6 is 11.6 Å². The van der Waals surface area contributed by atoms with Gasteiger partial charge in [0.1, 0.15) is 12.4 Å². The van der Waals surface area contributed by atoms with Gasteiger partial charge in [-0.2, -0.15) is 0 Å². The van der Waals surface area contributed by atoms with Gasteiger partial charge in [0.15, 0.2) is 5.75 Å². The normalized spacial score (nSPS) is 14.0. The minimum Gasteiger partial charge on any atom is -0.497 e. The Morgan fingerprint density at radius 1 is 1.54 bits per heavy atom. The highest BCUT2D eigenvalue weighted by Crippen LogP contribution is 2.38. The Labute approximate surface area is 81.6 Å². The molecule has 1 aliphatic rings. The SMILES string of the molecule is COc1cc(Cl)c2c(c1)NCCO2. The first-order valence-electron chi connectivity index (χ1n) is 4.05. The monoisotopic (exact) mass is 199 g/mol. The van der Waals surface area contributed by atoms with Gasteiger partial charge in [-0.3, -0.25) is 0 Å². The molecule has 0 atom stereocenters. The molecule has 70 valence electrons. The van der Waals surface area contributed by atoms with E-state index in [-0.39, 0.29) is 0 Å². The van der Waals surface area contributed by atoms with Gasteiger partial charge in [0, 0.05) is 18.7 Å². The van der Waals surface area contributed by atoms with E-state index < -0.39 is 0 Å². The van der Waals surface area contributed by atoms with E-state index in [4.69, 9.17) is 21.1 Å². The average Bonchev–Trinajstić information content (AvgIpc) is 2.18. The summed E-state index contributed by atoms with van der Waals surface area (Å²) in [6, 6.07) is 3.62. The Morgan fingerprint density at radius 3 is 3.15 bits per heavy atom. The molecular weight excluding hydrogens is 190 g/mol. The Hall–Kier alpha value is -1.09. The van der Waals surface area contributed by atoms with Gasteiger partial charge in [0.25, 0.3) is 0 Å². The summed E-state index contributed by atoms with van der Waals surface area (Å²) in [5.74, 6) is 1.45. The third kappa shape index (κ3) is 1.52. The van der Waals surface area contributed by atoms with Crippen LogP contribution in [-0.4, -0.2) is 20.3 Å². The van der Waals surface area contributed by atoms with Crippen LogP contribution in [0, 0.1) is 0 Å². The molecule has 4 heteroatoms. The van der Waals surface area contributed by atoms with Crippen LogP contribution in [-0.2, 0) is 0 Å². The van der Waals surface area contributed by atoms with Gasteiger partial charge in [-0.15, -0.1) is 0 Å². The van der Waals surface area contributed by atoms with Crippen molar-refractivity contribution < 1.29 is 9.47 Å². The number of hydrogen-bond acceptors (Lipinski definition) is 3. The molecule has 3 nitrogen and oxygen atoms in total. The molecule has 0 radical (unpaired) electrons. The van der Waals surface area contributed by atoms with Crippen LogP contribution in [0.5, 0.6) is 11.5 Å². The molecule has 0 aromatic heterocycles.